The van der Waals surface area contributed by atoms with Crippen molar-refractivity contribution in [3.8, 4) is 0 Å². The third-order valence-electron chi connectivity index (χ3n) is 1.50. The van der Waals surface area contributed by atoms with Crippen molar-refractivity contribution in [1.29, 1.82) is 0 Å². The van der Waals surface area contributed by atoms with Crippen molar-refractivity contribution in [3.63, 3.8) is 0 Å². The highest BCUT2D eigenvalue weighted by Gasteiger charge is 2.19. The first-order chi connectivity index (χ1) is 5.12. The van der Waals surface area contributed by atoms with Crippen LogP contribution in [0.15, 0.2) is 0 Å². The van der Waals surface area contributed by atoms with Crippen molar-refractivity contribution in [3.05, 3.63) is 0 Å². The van der Waals surface area contributed by atoms with Crippen LogP contribution in [-0.4, -0.2) is 33.1 Å². The smallest absolute Gasteiger partial charge is 0.195 e. The van der Waals surface area contributed by atoms with E-state index < -0.39 is 8.32 Å². The lowest BCUT2D eigenvalue weighted by atomic mass is 10.5. The second kappa shape index (κ2) is 6.05. The lowest BCUT2D eigenvalue weighted by Crippen LogP contribution is -2.32. The Morgan fingerprint density at radius 1 is 1.45 bits per heavy atom. The maximum Gasteiger partial charge on any atom is 0.195 e. The van der Waals surface area contributed by atoms with Crippen LogP contribution in [-0.2, 0) is 4.43 Å². The molecule has 68 valence electrons. The van der Waals surface area contributed by atoms with Crippen LogP contribution < -0.4 is 5.73 Å². The van der Waals surface area contributed by atoms with Gasteiger partial charge in [-0.2, -0.15) is 11.8 Å². The molecule has 2 nitrogen and oxygen atoms in total. The molecule has 0 amide bonds. The van der Waals surface area contributed by atoms with Crippen LogP contribution >= 0.6 is 11.8 Å². The SMILES string of the molecule is CO[Si](C)(C)CSCCCN. The van der Waals surface area contributed by atoms with E-state index in [9.17, 15) is 0 Å². The van der Waals surface area contributed by atoms with E-state index in [0.29, 0.717) is 0 Å². The summed E-state index contributed by atoms with van der Waals surface area (Å²) in [7, 11) is 0.510. The molecule has 0 aliphatic rings. The van der Waals surface area contributed by atoms with Crippen molar-refractivity contribution in [2.75, 3.05) is 24.8 Å². The van der Waals surface area contributed by atoms with Gasteiger partial charge in [0.2, 0.25) is 0 Å². The normalized spacial score (nSPS) is 12.0. The molecule has 11 heavy (non-hydrogen) atoms. The molecule has 0 rings (SSSR count). The van der Waals surface area contributed by atoms with Gasteiger partial charge in [-0.3, -0.25) is 0 Å². The average Bonchev–Trinajstić information content (AvgIpc) is 1.99. The fourth-order valence-electron chi connectivity index (χ4n) is 0.562. The lowest BCUT2D eigenvalue weighted by Gasteiger charge is -2.18. The summed E-state index contributed by atoms with van der Waals surface area (Å²) in [6, 6.07) is 0. The average molecular weight is 193 g/mol. The van der Waals surface area contributed by atoms with Crippen LogP contribution in [0.1, 0.15) is 6.42 Å². The van der Waals surface area contributed by atoms with Crippen LogP contribution in [0, 0.1) is 0 Å². The predicted molar refractivity (Wildman–Crippen MR) is 55.5 cm³/mol. The molecule has 2 N–H and O–H groups in total. The van der Waals surface area contributed by atoms with Gasteiger partial charge >= 0.3 is 0 Å². The largest absolute Gasteiger partial charge is 0.420 e. The van der Waals surface area contributed by atoms with Gasteiger partial charge in [0.15, 0.2) is 8.32 Å². The number of rotatable bonds is 6. The number of thioether (sulfide) groups is 1. The van der Waals surface area contributed by atoms with Gasteiger partial charge in [-0.15, -0.1) is 0 Å². The Morgan fingerprint density at radius 2 is 2.09 bits per heavy atom. The second-order valence-corrected chi connectivity index (χ2v) is 9.06. The zero-order valence-electron chi connectivity index (χ0n) is 7.72. The van der Waals surface area contributed by atoms with Gasteiger partial charge in [0.05, 0.1) is 0 Å². The lowest BCUT2D eigenvalue weighted by molar-refractivity contribution is 0.410. The minimum atomic E-state index is -1.31. The molecular weight excluding hydrogens is 174 g/mol. The molecule has 0 heterocycles. The predicted octanol–water partition coefficient (Wildman–Crippen LogP) is 1.46. The van der Waals surface area contributed by atoms with E-state index in [-0.39, 0.29) is 0 Å². The quantitative estimate of drug-likeness (QED) is 0.512. The Balaban J connectivity index is 3.23. The van der Waals surface area contributed by atoms with Gasteiger partial charge in [-0.1, -0.05) is 0 Å². The van der Waals surface area contributed by atoms with Gasteiger partial charge in [0, 0.05) is 12.5 Å². The molecule has 0 spiro atoms. The Kier molecular flexibility index (Phi) is 6.32. The number of nitrogens with two attached hydrogens (primary N) is 1. The van der Waals surface area contributed by atoms with E-state index in [1.807, 2.05) is 18.9 Å². The van der Waals surface area contributed by atoms with Crippen LogP contribution in [0.4, 0.5) is 0 Å². The molecule has 0 aromatic carbocycles. The molecule has 0 aromatic heterocycles. The molecule has 0 unspecified atom stereocenters. The molecule has 0 aliphatic carbocycles. The van der Waals surface area contributed by atoms with Crippen molar-refractivity contribution in [2.24, 2.45) is 5.73 Å². The van der Waals surface area contributed by atoms with E-state index in [4.69, 9.17) is 10.2 Å². The molecule has 0 aromatic rings. The van der Waals surface area contributed by atoms with E-state index >= 15 is 0 Å². The number of hydrogen-bond donors (Lipinski definition) is 1. The molecule has 0 aliphatic heterocycles. The number of hydrogen-bond acceptors (Lipinski definition) is 3. The fourth-order valence-corrected chi connectivity index (χ4v) is 3.95. The van der Waals surface area contributed by atoms with Crippen molar-refractivity contribution in [1.82, 2.24) is 0 Å². The minimum Gasteiger partial charge on any atom is -0.420 e. The molecule has 0 bridgehead atoms. The Labute approximate surface area is 75.0 Å². The van der Waals surface area contributed by atoms with Gasteiger partial charge in [0.1, 0.15) is 0 Å². The van der Waals surface area contributed by atoms with Gasteiger partial charge < -0.3 is 10.2 Å². The van der Waals surface area contributed by atoms with Gasteiger partial charge in [-0.05, 0) is 31.8 Å². The molecule has 0 fully saturated rings. The molecule has 4 heteroatoms. The Morgan fingerprint density at radius 3 is 2.55 bits per heavy atom. The highest BCUT2D eigenvalue weighted by Crippen LogP contribution is 2.12. The third kappa shape index (κ3) is 6.87. The van der Waals surface area contributed by atoms with E-state index in [0.717, 1.165) is 13.0 Å². The summed E-state index contributed by atoms with van der Waals surface area (Å²) in [6.45, 7) is 5.28. The van der Waals surface area contributed by atoms with E-state index in [1.54, 1.807) is 0 Å². The molecule has 0 saturated carbocycles. The third-order valence-corrected chi connectivity index (χ3v) is 6.77. The zero-order valence-corrected chi connectivity index (χ0v) is 9.54. The highest BCUT2D eigenvalue weighted by atomic mass is 32.2. The van der Waals surface area contributed by atoms with Crippen LogP contribution in [0.3, 0.4) is 0 Å². The second-order valence-electron chi connectivity index (χ2n) is 3.16. The summed E-state index contributed by atoms with van der Waals surface area (Å²) in [5.41, 5.74) is 5.38. The van der Waals surface area contributed by atoms with Gasteiger partial charge in [-0.25, -0.2) is 0 Å². The van der Waals surface area contributed by atoms with Gasteiger partial charge in [0.25, 0.3) is 0 Å². The maximum atomic E-state index is 5.40. The summed E-state index contributed by atoms with van der Waals surface area (Å²) in [5.74, 6) is 1.18. The molecule has 0 atom stereocenters. The Bertz CT molecular complexity index is 100. The van der Waals surface area contributed by atoms with Crippen LogP contribution in [0.25, 0.3) is 0 Å². The summed E-state index contributed by atoms with van der Waals surface area (Å²) < 4.78 is 5.40. The van der Waals surface area contributed by atoms with Crippen molar-refractivity contribution in [2.45, 2.75) is 19.5 Å². The first-order valence-electron chi connectivity index (χ1n) is 3.95. The van der Waals surface area contributed by atoms with Crippen LogP contribution in [0.5, 0.6) is 0 Å². The fraction of sp³-hybridized carbons (Fsp3) is 1.00. The summed E-state index contributed by atoms with van der Waals surface area (Å²) in [6.07, 6.45) is 1.12. The standard InChI is InChI=1S/C7H19NOSSi/c1-9-11(2,3)7-10-6-4-5-8/h4-8H2,1-3H3. The van der Waals surface area contributed by atoms with Crippen molar-refractivity contribution >= 4 is 20.1 Å². The van der Waals surface area contributed by atoms with Crippen molar-refractivity contribution < 1.29 is 4.43 Å². The van der Waals surface area contributed by atoms with E-state index in [1.165, 1.54) is 11.1 Å². The monoisotopic (exact) mass is 193 g/mol. The molecular formula is C7H19NOSSi. The summed E-state index contributed by atoms with van der Waals surface area (Å²) >= 11 is 1.97. The first-order valence-corrected chi connectivity index (χ1v) is 8.22. The Hall–Kier alpha value is 0.487. The maximum absolute atomic E-state index is 5.40. The summed E-state index contributed by atoms with van der Waals surface area (Å²) in [4.78, 5) is 0. The highest BCUT2D eigenvalue weighted by molar-refractivity contribution is 8.00. The molecule has 0 saturated heterocycles. The topological polar surface area (TPSA) is 35.2 Å². The van der Waals surface area contributed by atoms with Crippen LogP contribution in [0.2, 0.25) is 13.1 Å². The van der Waals surface area contributed by atoms with E-state index in [2.05, 4.69) is 13.1 Å². The first kappa shape index (κ1) is 11.5. The minimum absolute atomic E-state index is 0.808. The molecule has 0 radical (unpaired) electrons. The summed E-state index contributed by atoms with van der Waals surface area (Å²) in [5, 5.41) is 1.18. The zero-order chi connectivity index (χ0) is 8.74.